The third-order valence-corrected chi connectivity index (χ3v) is 4.29. The van der Waals surface area contributed by atoms with E-state index in [9.17, 15) is 4.79 Å². The van der Waals surface area contributed by atoms with Gasteiger partial charge < -0.3 is 15.2 Å². The van der Waals surface area contributed by atoms with Crippen LogP contribution in [-0.4, -0.2) is 30.3 Å². The molecule has 2 N–H and O–H groups in total. The molecule has 0 radical (unpaired) electrons. The first-order valence-electron chi connectivity index (χ1n) is 7.90. The standard InChI is InChI=1S/C17H25NO3/c1-2-13-6-3-4-9-16(13)18-10-11-21-15-8-5-7-14(12-15)17(19)20/h5,7-8,12-13,16,18H,2-4,6,9-11H2,1H3,(H,19,20). The number of carbonyl (C=O) groups is 1. The number of nitrogens with one attached hydrogen (secondary N) is 1. The quantitative estimate of drug-likeness (QED) is 0.757. The van der Waals surface area contributed by atoms with Crippen molar-refractivity contribution in [3.8, 4) is 5.75 Å². The van der Waals surface area contributed by atoms with Gasteiger partial charge in [-0.3, -0.25) is 0 Å². The van der Waals surface area contributed by atoms with Crippen LogP contribution < -0.4 is 10.1 Å². The molecule has 0 aliphatic heterocycles. The number of carboxylic acid groups (broad SMARTS) is 1. The minimum atomic E-state index is -0.924. The topological polar surface area (TPSA) is 58.6 Å². The zero-order valence-corrected chi connectivity index (χ0v) is 12.7. The molecule has 1 aliphatic carbocycles. The van der Waals surface area contributed by atoms with Gasteiger partial charge in [0.15, 0.2) is 0 Å². The zero-order valence-electron chi connectivity index (χ0n) is 12.7. The molecule has 0 aromatic heterocycles. The number of hydrogen-bond acceptors (Lipinski definition) is 3. The highest BCUT2D eigenvalue weighted by molar-refractivity contribution is 5.87. The van der Waals surface area contributed by atoms with Gasteiger partial charge in [-0.2, -0.15) is 0 Å². The summed E-state index contributed by atoms with van der Waals surface area (Å²) in [4.78, 5) is 10.9. The molecule has 0 spiro atoms. The van der Waals surface area contributed by atoms with Crippen LogP contribution in [-0.2, 0) is 0 Å². The van der Waals surface area contributed by atoms with Gasteiger partial charge in [-0.25, -0.2) is 4.79 Å². The molecule has 1 saturated carbocycles. The molecule has 1 aromatic carbocycles. The molecule has 0 heterocycles. The van der Waals surface area contributed by atoms with E-state index >= 15 is 0 Å². The highest BCUT2D eigenvalue weighted by Gasteiger charge is 2.22. The Balaban J connectivity index is 1.74. The Morgan fingerprint density at radius 3 is 2.95 bits per heavy atom. The van der Waals surface area contributed by atoms with Gasteiger partial charge in [0.2, 0.25) is 0 Å². The van der Waals surface area contributed by atoms with E-state index in [1.54, 1.807) is 24.3 Å². The molecule has 0 amide bonds. The molecule has 2 atom stereocenters. The van der Waals surface area contributed by atoms with Gasteiger partial charge in [-0.05, 0) is 37.0 Å². The second-order valence-corrected chi connectivity index (χ2v) is 5.69. The summed E-state index contributed by atoms with van der Waals surface area (Å²) in [5, 5.41) is 12.5. The minimum absolute atomic E-state index is 0.263. The first-order valence-corrected chi connectivity index (χ1v) is 7.90. The summed E-state index contributed by atoms with van der Waals surface area (Å²) >= 11 is 0. The zero-order chi connectivity index (χ0) is 15.1. The molecule has 1 fully saturated rings. The summed E-state index contributed by atoms with van der Waals surface area (Å²) in [5.74, 6) is 0.480. The summed E-state index contributed by atoms with van der Waals surface area (Å²) in [6.07, 6.45) is 6.49. The van der Waals surface area contributed by atoms with E-state index in [-0.39, 0.29) is 5.56 Å². The van der Waals surface area contributed by atoms with Crippen molar-refractivity contribution < 1.29 is 14.6 Å². The van der Waals surface area contributed by atoms with E-state index in [1.165, 1.54) is 32.1 Å². The van der Waals surface area contributed by atoms with E-state index < -0.39 is 5.97 Å². The third-order valence-electron chi connectivity index (χ3n) is 4.29. The van der Waals surface area contributed by atoms with Crippen LogP contribution in [0.15, 0.2) is 24.3 Å². The predicted molar refractivity (Wildman–Crippen MR) is 82.9 cm³/mol. The van der Waals surface area contributed by atoms with Crippen LogP contribution in [0, 0.1) is 5.92 Å². The Morgan fingerprint density at radius 1 is 1.38 bits per heavy atom. The molecule has 1 aromatic rings. The van der Waals surface area contributed by atoms with Crippen molar-refractivity contribution in [3.05, 3.63) is 29.8 Å². The number of hydrogen-bond donors (Lipinski definition) is 2. The fourth-order valence-electron chi connectivity index (χ4n) is 3.10. The Kier molecular flexibility index (Phi) is 6.05. The average Bonchev–Trinajstić information content (AvgIpc) is 2.52. The molecular formula is C17H25NO3. The molecule has 0 saturated heterocycles. The van der Waals surface area contributed by atoms with Gasteiger partial charge >= 0.3 is 5.97 Å². The molecule has 0 bridgehead atoms. The van der Waals surface area contributed by atoms with Crippen molar-refractivity contribution >= 4 is 5.97 Å². The first-order chi connectivity index (χ1) is 10.2. The monoisotopic (exact) mass is 291 g/mol. The van der Waals surface area contributed by atoms with Crippen LogP contribution in [0.4, 0.5) is 0 Å². The Labute approximate surface area is 126 Å². The minimum Gasteiger partial charge on any atom is -0.492 e. The normalized spacial score (nSPS) is 22.0. The van der Waals surface area contributed by atoms with Gasteiger partial charge in [-0.15, -0.1) is 0 Å². The van der Waals surface area contributed by atoms with E-state index in [4.69, 9.17) is 9.84 Å². The second kappa shape index (κ2) is 8.03. The Bertz CT molecular complexity index is 461. The maximum Gasteiger partial charge on any atom is 0.335 e. The number of aromatic carboxylic acids is 1. The fourth-order valence-corrected chi connectivity index (χ4v) is 3.10. The van der Waals surface area contributed by atoms with E-state index in [0.717, 1.165) is 12.5 Å². The lowest BCUT2D eigenvalue weighted by atomic mass is 9.83. The second-order valence-electron chi connectivity index (χ2n) is 5.69. The number of benzene rings is 1. The van der Waals surface area contributed by atoms with E-state index in [1.807, 2.05) is 0 Å². The molecule has 4 nitrogen and oxygen atoms in total. The van der Waals surface area contributed by atoms with Crippen LogP contribution >= 0.6 is 0 Å². The molecule has 116 valence electrons. The summed E-state index contributed by atoms with van der Waals surface area (Å²) in [6.45, 7) is 3.63. The van der Waals surface area contributed by atoms with Gasteiger partial charge in [0.05, 0.1) is 5.56 Å². The number of ether oxygens (including phenoxy) is 1. The van der Waals surface area contributed by atoms with Gasteiger partial charge in [0.25, 0.3) is 0 Å². The summed E-state index contributed by atoms with van der Waals surface area (Å²) in [6, 6.07) is 7.25. The van der Waals surface area contributed by atoms with Crippen molar-refractivity contribution in [1.29, 1.82) is 0 Å². The first kappa shape index (κ1) is 15.8. The smallest absolute Gasteiger partial charge is 0.335 e. The van der Waals surface area contributed by atoms with Crippen LogP contribution in [0.1, 0.15) is 49.4 Å². The van der Waals surface area contributed by atoms with Crippen LogP contribution in [0.25, 0.3) is 0 Å². The summed E-state index contributed by atoms with van der Waals surface area (Å²) < 4.78 is 5.63. The highest BCUT2D eigenvalue weighted by Crippen LogP contribution is 2.26. The van der Waals surface area contributed by atoms with Gasteiger partial charge in [0.1, 0.15) is 12.4 Å². The molecule has 2 rings (SSSR count). The molecule has 4 heteroatoms. The van der Waals surface area contributed by atoms with Crippen LogP contribution in [0.3, 0.4) is 0 Å². The van der Waals surface area contributed by atoms with E-state index in [2.05, 4.69) is 12.2 Å². The number of rotatable bonds is 7. The highest BCUT2D eigenvalue weighted by atomic mass is 16.5. The van der Waals surface area contributed by atoms with Gasteiger partial charge in [-0.1, -0.05) is 32.3 Å². The fraction of sp³-hybridized carbons (Fsp3) is 0.588. The molecule has 2 unspecified atom stereocenters. The van der Waals surface area contributed by atoms with Crippen LogP contribution in [0.5, 0.6) is 5.75 Å². The maximum atomic E-state index is 10.9. The van der Waals surface area contributed by atoms with Crippen molar-refractivity contribution in [2.45, 2.75) is 45.1 Å². The lowest BCUT2D eigenvalue weighted by Gasteiger charge is -2.31. The largest absolute Gasteiger partial charge is 0.492 e. The van der Waals surface area contributed by atoms with E-state index in [0.29, 0.717) is 18.4 Å². The molecular weight excluding hydrogens is 266 g/mol. The van der Waals surface area contributed by atoms with Crippen molar-refractivity contribution in [2.75, 3.05) is 13.2 Å². The summed E-state index contributed by atoms with van der Waals surface area (Å²) in [7, 11) is 0. The average molecular weight is 291 g/mol. The summed E-state index contributed by atoms with van der Waals surface area (Å²) in [5.41, 5.74) is 0.263. The van der Waals surface area contributed by atoms with Crippen molar-refractivity contribution in [2.24, 2.45) is 5.92 Å². The molecule has 1 aliphatic rings. The lowest BCUT2D eigenvalue weighted by molar-refractivity contribution is 0.0696. The Hall–Kier alpha value is -1.55. The lowest BCUT2D eigenvalue weighted by Crippen LogP contribution is -2.40. The number of carboxylic acids is 1. The Morgan fingerprint density at radius 2 is 2.19 bits per heavy atom. The van der Waals surface area contributed by atoms with Crippen molar-refractivity contribution in [3.63, 3.8) is 0 Å². The molecule has 21 heavy (non-hydrogen) atoms. The SMILES string of the molecule is CCC1CCCCC1NCCOc1cccc(C(=O)O)c1. The predicted octanol–water partition coefficient (Wildman–Crippen LogP) is 3.32. The van der Waals surface area contributed by atoms with Gasteiger partial charge in [0, 0.05) is 12.6 Å². The van der Waals surface area contributed by atoms with Crippen molar-refractivity contribution in [1.82, 2.24) is 5.32 Å². The maximum absolute atomic E-state index is 10.9. The third kappa shape index (κ3) is 4.74. The van der Waals surface area contributed by atoms with Crippen LogP contribution in [0.2, 0.25) is 0 Å².